The lowest BCUT2D eigenvalue weighted by Gasteiger charge is -2.09. The molecule has 4 heteroatoms. The number of carbonyl (C=O) groups is 1. The van der Waals surface area contributed by atoms with E-state index in [1.54, 1.807) is 6.20 Å². The van der Waals surface area contributed by atoms with Crippen LogP contribution in [-0.4, -0.2) is 15.8 Å². The van der Waals surface area contributed by atoms with Gasteiger partial charge in [-0.3, -0.25) is 4.79 Å². The Morgan fingerprint density at radius 1 is 1.04 bits per heavy atom. The number of hydrogen-bond donors (Lipinski definition) is 0. The molecule has 4 aromatic rings. The molecule has 0 unspecified atom stereocenters. The lowest BCUT2D eigenvalue weighted by atomic mass is 10.0. The highest BCUT2D eigenvalue weighted by atomic mass is 16.5. The van der Waals surface area contributed by atoms with E-state index in [9.17, 15) is 4.79 Å². The van der Waals surface area contributed by atoms with E-state index in [-0.39, 0.29) is 0 Å². The van der Waals surface area contributed by atoms with E-state index in [0.717, 1.165) is 39.8 Å². The molecule has 0 aliphatic carbocycles. The Morgan fingerprint density at radius 3 is 2.54 bits per heavy atom. The number of rotatable bonds is 5. The van der Waals surface area contributed by atoms with Gasteiger partial charge in [0.15, 0.2) is 6.29 Å². The van der Waals surface area contributed by atoms with Crippen LogP contribution < -0.4 is 4.74 Å². The van der Waals surface area contributed by atoms with Crippen LogP contribution in [0.3, 0.4) is 0 Å². The normalized spacial score (nSPS) is 10.8. The first-order valence-corrected chi connectivity index (χ1v) is 8.42. The fraction of sp³-hybridized carbons (Fsp3) is 0.0909. The van der Waals surface area contributed by atoms with Crippen molar-refractivity contribution >= 4 is 17.3 Å². The molecular formula is C22H18N2O2. The van der Waals surface area contributed by atoms with Gasteiger partial charge in [-0.1, -0.05) is 42.5 Å². The number of hydrogen-bond acceptors (Lipinski definition) is 3. The van der Waals surface area contributed by atoms with E-state index in [4.69, 9.17) is 4.74 Å². The van der Waals surface area contributed by atoms with Gasteiger partial charge in [-0.25, -0.2) is 4.98 Å². The minimum absolute atomic E-state index is 0.535. The maximum absolute atomic E-state index is 11.4. The van der Waals surface area contributed by atoms with Gasteiger partial charge in [0.1, 0.15) is 18.0 Å². The quantitative estimate of drug-likeness (QED) is 0.497. The third-order valence-electron chi connectivity index (χ3n) is 4.43. The summed E-state index contributed by atoms with van der Waals surface area (Å²) in [5.41, 5.74) is 4.60. The molecule has 2 heterocycles. The molecule has 2 aromatic heterocycles. The number of fused-ring (bicyclic) bond motifs is 1. The third kappa shape index (κ3) is 2.97. The second-order valence-corrected chi connectivity index (χ2v) is 6.17. The maximum Gasteiger partial charge on any atom is 0.152 e. The Hall–Kier alpha value is -3.40. The monoisotopic (exact) mass is 342 g/mol. The first kappa shape index (κ1) is 16.1. The Bertz CT molecular complexity index is 1050. The summed E-state index contributed by atoms with van der Waals surface area (Å²) in [5, 5.41) is 0.878. The van der Waals surface area contributed by atoms with Crippen LogP contribution in [0.4, 0.5) is 0 Å². The fourth-order valence-electron chi connectivity index (χ4n) is 3.14. The second kappa shape index (κ2) is 6.84. The summed E-state index contributed by atoms with van der Waals surface area (Å²) in [5.74, 6) is 0.812. The van der Waals surface area contributed by atoms with E-state index in [1.165, 1.54) is 0 Å². The lowest BCUT2D eigenvalue weighted by molar-refractivity contribution is 0.112. The summed E-state index contributed by atoms with van der Waals surface area (Å²) < 4.78 is 7.72. The molecule has 0 aliphatic rings. The highest BCUT2D eigenvalue weighted by Crippen LogP contribution is 2.31. The predicted molar refractivity (Wildman–Crippen MR) is 102 cm³/mol. The number of ether oxygens (including phenoxy) is 1. The summed E-state index contributed by atoms with van der Waals surface area (Å²) in [6, 6.07) is 19.9. The molecule has 0 atom stereocenters. The molecule has 0 spiro atoms. The Balaban J connectivity index is 1.63. The van der Waals surface area contributed by atoms with Crippen LogP contribution in [0.5, 0.6) is 5.75 Å². The maximum atomic E-state index is 11.4. The van der Waals surface area contributed by atoms with Gasteiger partial charge in [0, 0.05) is 30.4 Å². The highest BCUT2D eigenvalue weighted by Gasteiger charge is 2.13. The number of aryl methyl sites for hydroxylation is 1. The molecule has 0 bridgehead atoms. The van der Waals surface area contributed by atoms with E-state index >= 15 is 0 Å². The van der Waals surface area contributed by atoms with Crippen molar-refractivity contribution in [3.63, 3.8) is 0 Å². The van der Waals surface area contributed by atoms with Crippen molar-refractivity contribution in [1.82, 2.24) is 9.55 Å². The van der Waals surface area contributed by atoms with Crippen molar-refractivity contribution in [1.29, 1.82) is 0 Å². The largest absolute Gasteiger partial charge is 0.489 e. The summed E-state index contributed by atoms with van der Waals surface area (Å²) in [7, 11) is 1.90. The molecule has 2 aromatic carbocycles. The summed E-state index contributed by atoms with van der Waals surface area (Å²) in [6.45, 7) is 0.535. The van der Waals surface area contributed by atoms with Crippen LogP contribution in [0.25, 0.3) is 22.2 Å². The standard InChI is InChI=1S/C22H18N2O2/c1-24-13-18(14-25)21-20(11-12-23-22(21)24)17-7-9-19(10-8-17)26-15-16-5-3-2-4-6-16/h2-14H,15H2,1H3. The molecule has 26 heavy (non-hydrogen) atoms. The Morgan fingerprint density at radius 2 is 1.81 bits per heavy atom. The van der Waals surface area contributed by atoms with Crippen molar-refractivity contribution in [3.05, 3.63) is 84.2 Å². The molecule has 128 valence electrons. The SMILES string of the molecule is Cn1cc(C=O)c2c(-c3ccc(OCc4ccccc4)cc3)ccnc21. The average Bonchev–Trinajstić information content (AvgIpc) is 3.04. The van der Waals surface area contributed by atoms with E-state index in [2.05, 4.69) is 4.98 Å². The van der Waals surface area contributed by atoms with Crippen LogP contribution in [0.2, 0.25) is 0 Å². The van der Waals surface area contributed by atoms with Crippen molar-refractivity contribution in [2.24, 2.45) is 7.05 Å². The highest BCUT2D eigenvalue weighted by molar-refractivity contribution is 6.04. The number of carbonyl (C=O) groups excluding carboxylic acids is 1. The zero-order valence-corrected chi connectivity index (χ0v) is 14.4. The molecule has 0 radical (unpaired) electrons. The summed E-state index contributed by atoms with van der Waals surface area (Å²) in [4.78, 5) is 15.8. The molecule has 0 saturated heterocycles. The van der Waals surface area contributed by atoms with Crippen molar-refractivity contribution in [3.8, 4) is 16.9 Å². The van der Waals surface area contributed by atoms with Crippen molar-refractivity contribution in [2.45, 2.75) is 6.61 Å². The van der Waals surface area contributed by atoms with Gasteiger partial charge in [-0.15, -0.1) is 0 Å². The van der Waals surface area contributed by atoms with Crippen LogP contribution in [0.1, 0.15) is 15.9 Å². The van der Waals surface area contributed by atoms with Gasteiger partial charge >= 0.3 is 0 Å². The van der Waals surface area contributed by atoms with Gasteiger partial charge in [-0.2, -0.15) is 0 Å². The zero-order valence-electron chi connectivity index (χ0n) is 14.4. The zero-order chi connectivity index (χ0) is 17.9. The van der Waals surface area contributed by atoms with E-state index < -0.39 is 0 Å². The Kier molecular flexibility index (Phi) is 4.23. The van der Waals surface area contributed by atoms with Gasteiger partial charge in [0.25, 0.3) is 0 Å². The van der Waals surface area contributed by atoms with Crippen LogP contribution >= 0.6 is 0 Å². The minimum Gasteiger partial charge on any atom is -0.489 e. The second-order valence-electron chi connectivity index (χ2n) is 6.17. The van der Waals surface area contributed by atoms with Crippen molar-refractivity contribution in [2.75, 3.05) is 0 Å². The summed E-state index contributed by atoms with van der Waals surface area (Å²) >= 11 is 0. The molecule has 0 N–H and O–H groups in total. The first-order chi connectivity index (χ1) is 12.8. The van der Waals surface area contributed by atoms with Gasteiger partial charge in [-0.05, 0) is 34.9 Å². The number of aldehydes is 1. The van der Waals surface area contributed by atoms with Gasteiger partial charge in [0.2, 0.25) is 0 Å². The molecule has 4 rings (SSSR count). The summed E-state index contributed by atoms with van der Waals surface area (Å²) in [6.07, 6.45) is 4.46. The number of pyridine rings is 1. The third-order valence-corrected chi connectivity index (χ3v) is 4.43. The van der Waals surface area contributed by atoms with Gasteiger partial charge < -0.3 is 9.30 Å². The molecule has 0 aliphatic heterocycles. The fourth-order valence-corrected chi connectivity index (χ4v) is 3.14. The smallest absolute Gasteiger partial charge is 0.152 e. The van der Waals surface area contributed by atoms with Gasteiger partial charge in [0.05, 0.1) is 0 Å². The number of nitrogens with zero attached hydrogens (tertiary/aromatic N) is 2. The van der Waals surface area contributed by atoms with Crippen LogP contribution in [0, 0.1) is 0 Å². The molecule has 0 amide bonds. The molecule has 4 nitrogen and oxygen atoms in total. The molecule has 0 saturated carbocycles. The predicted octanol–water partition coefficient (Wildman–Crippen LogP) is 4.63. The van der Waals surface area contributed by atoms with Crippen molar-refractivity contribution < 1.29 is 9.53 Å². The Labute approximate surface area is 151 Å². The molecule has 0 fully saturated rings. The first-order valence-electron chi connectivity index (χ1n) is 8.42. The van der Waals surface area contributed by atoms with E-state index in [1.807, 2.05) is 78.5 Å². The number of aromatic nitrogens is 2. The van der Waals surface area contributed by atoms with E-state index in [0.29, 0.717) is 12.2 Å². The topological polar surface area (TPSA) is 44.1 Å². The minimum atomic E-state index is 0.535. The number of benzene rings is 2. The molecular weight excluding hydrogens is 324 g/mol. The van der Waals surface area contributed by atoms with Crippen LogP contribution in [-0.2, 0) is 13.7 Å². The average molecular weight is 342 g/mol. The van der Waals surface area contributed by atoms with Crippen LogP contribution in [0.15, 0.2) is 73.1 Å². The lowest BCUT2D eigenvalue weighted by Crippen LogP contribution is -1.94.